The molecule has 0 unspecified atom stereocenters. The average molecular weight is 351 g/mol. The van der Waals surface area contributed by atoms with Crippen LogP contribution in [0.25, 0.3) is 11.3 Å². The first-order valence-electron chi connectivity index (χ1n) is 8.05. The summed E-state index contributed by atoms with van der Waals surface area (Å²) in [5, 5.41) is 6.75. The fourth-order valence-electron chi connectivity index (χ4n) is 2.58. The molecule has 0 amide bonds. The maximum atomic E-state index is 5.42. The smallest absolute Gasteiger partial charge is 0.231 e. The molecule has 1 aliphatic heterocycles. The highest BCUT2D eigenvalue weighted by atomic mass is 32.1. The SMILES string of the molecule is CCN=c1scc(-c2ccccc2)n1/N=C/c1ccc2c(c1)OCO2. The fourth-order valence-corrected chi connectivity index (χ4v) is 3.48. The van der Waals surface area contributed by atoms with Crippen LogP contribution >= 0.6 is 11.3 Å². The van der Waals surface area contributed by atoms with Gasteiger partial charge in [-0.1, -0.05) is 30.3 Å². The van der Waals surface area contributed by atoms with Gasteiger partial charge in [0.1, 0.15) is 0 Å². The average Bonchev–Trinajstić information content (AvgIpc) is 3.27. The van der Waals surface area contributed by atoms with E-state index in [0.717, 1.165) is 33.1 Å². The Hall–Kier alpha value is -2.86. The van der Waals surface area contributed by atoms with Gasteiger partial charge in [-0.25, -0.2) is 4.68 Å². The molecule has 0 bridgehead atoms. The molecule has 0 radical (unpaired) electrons. The van der Waals surface area contributed by atoms with Gasteiger partial charge in [-0.3, -0.25) is 4.99 Å². The highest BCUT2D eigenvalue weighted by molar-refractivity contribution is 7.07. The molecule has 126 valence electrons. The Balaban J connectivity index is 1.74. The fraction of sp³-hybridized carbons (Fsp3) is 0.158. The minimum absolute atomic E-state index is 0.271. The molecule has 0 N–H and O–H groups in total. The number of fused-ring (bicyclic) bond motifs is 1. The van der Waals surface area contributed by atoms with Crippen molar-refractivity contribution in [2.24, 2.45) is 10.1 Å². The quantitative estimate of drug-likeness (QED) is 0.672. The summed E-state index contributed by atoms with van der Waals surface area (Å²) in [6.07, 6.45) is 1.82. The molecule has 0 spiro atoms. The normalized spacial score (nSPS) is 13.7. The number of benzene rings is 2. The van der Waals surface area contributed by atoms with E-state index in [1.54, 1.807) is 11.3 Å². The lowest BCUT2D eigenvalue weighted by molar-refractivity contribution is 0.174. The van der Waals surface area contributed by atoms with Gasteiger partial charge < -0.3 is 9.47 Å². The van der Waals surface area contributed by atoms with Gasteiger partial charge in [-0.2, -0.15) is 5.10 Å². The van der Waals surface area contributed by atoms with Crippen molar-refractivity contribution >= 4 is 17.6 Å². The summed E-state index contributed by atoms with van der Waals surface area (Å²) >= 11 is 1.59. The van der Waals surface area contributed by atoms with Gasteiger partial charge in [0.2, 0.25) is 11.6 Å². The number of hydrogen-bond acceptors (Lipinski definition) is 5. The Morgan fingerprint density at radius 2 is 1.96 bits per heavy atom. The number of hydrogen-bond donors (Lipinski definition) is 0. The minimum atomic E-state index is 0.271. The number of nitrogens with zero attached hydrogens (tertiary/aromatic N) is 3. The van der Waals surface area contributed by atoms with Crippen LogP contribution in [-0.4, -0.2) is 24.2 Å². The number of aromatic nitrogens is 1. The Morgan fingerprint density at radius 1 is 1.12 bits per heavy atom. The number of ether oxygens (including phenoxy) is 2. The zero-order valence-electron chi connectivity index (χ0n) is 13.8. The highest BCUT2D eigenvalue weighted by Crippen LogP contribution is 2.32. The van der Waals surface area contributed by atoms with Crippen LogP contribution in [-0.2, 0) is 0 Å². The molecule has 4 rings (SSSR count). The lowest BCUT2D eigenvalue weighted by Crippen LogP contribution is -2.12. The van der Waals surface area contributed by atoms with Crippen molar-refractivity contribution in [1.29, 1.82) is 0 Å². The van der Waals surface area contributed by atoms with Crippen LogP contribution in [0, 0.1) is 0 Å². The van der Waals surface area contributed by atoms with Crippen molar-refractivity contribution in [3.63, 3.8) is 0 Å². The molecular formula is C19H17N3O2S. The second kappa shape index (κ2) is 6.94. The van der Waals surface area contributed by atoms with Gasteiger partial charge in [0, 0.05) is 17.5 Å². The van der Waals surface area contributed by atoms with Gasteiger partial charge in [0.05, 0.1) is 11.9 Å². The van der Waals surface area contributed by atoms with Crippen LogP contribution < -0.4 is 14.3 Å². The van der Waals surface area contributed by atoms with E-state index < -0.39 is 0 Å². The lowest BCUT2D eigenvalue weighted by Gasteiger charge is -2.03. The molecule has 2 aromatic carbocycles. The maximum Gasteiger partial charge on any atom is 0.231 e. The van der Waals surface area contributed by atoms with Crippen LogP contribution in [0.1, 0.15) is 12.5 Å². The van der Waals surface area contributed by atoms with Crippen molar-refractivity contribution in [1.82, 2.24) is 4.68 Å². The summed E-state index contributed by atoms with van der Waals surface area (Å²) in [6, 6.07) is 16.0. The zero-order valence-corrected chi connectivity index (χ0v) is 14.6. The van der Waals surface area contributed by atoms with Crippen molar-refractivity contribution in [2.45, 2.75) is 6.92 Å². The largest absolute Gasteiger partial charge is 0.454 e. The summed E-state index contributed by atoms with van der Waals surface area (Å²) in [6.45, 7) is 3.01. The van der Waals surface area contributed by atoms with Crippen molar-refractivity contribution < 1.29 is 9.47 Å². The van der Waals surface area contributed by atoms with Crippen LogP contribution in [0.3, 0.4) is 0 Å². The first-order valence-corrected chi connectivity index (χ1v) is 8.93. The van der Waals surface area contributed by atoms with Gasteiger partial charge in [-0.15, -0.1) is 11.3 Å². The second-order valence-electron chi connectivity index (χ2n) is 5.41. The number of rotatable bonds is 4. The molecule has 1 aliphatic rings. The maximum absolute atomic E-state index is 5.42. The van der Waals surface area contributed by atoms with E-state index in [1.165, 1.54) is 0 Å². The van der Waals surface area contributed by atoms with E-state index in [-0.39, 0.29) is 6.79 Å². The summed E-state index contributed by atoms with van der Waals surface area (Å²) in [4.78, 5) is 5.42. The van der Waals surface area contributed by atoms with E-state index >= 15 is 0 Å². The highest BCUT2D eigenvalue weighted by Gasteiger charge is 2.12. The second-order valence-corrected chi connectivity index (χ2v) is 6.25. The van der Waals surface area contributed by atoms with E-state index in [0.29, 0.717) is 6.54 Å². The van der Waals surface area contributed by atoms with Crippen LogP contribution in [0.5, 0.6) is 11.5 Å². The molecule has 0 atom stereocenters. The van der Waals surface area contributed by atoms with E-state index in [4.69, 9.17) is 9.47 Å². The predicted molar refractivity (Wildman–Crippen MR) is 99.4 cm³/mol. The predicted octanol–water partition coefficient (Wildman–Crippen LogP) is 3.75. The molecule has 0 fully saturated rings. The van der Waals surface area contributed by atoms with Crippen molar-refractivity contribution in [3.05, 3.63) is 64.3 Å². The molecule has 0 saturated heterocycles. The molecule has 6 heteroatoms. The number of thiazole rings is 1. The lowest BCUT2D eigenvalue weighted by atomic mass is 10.2. The molecule has 25 heavy (non-hydrogen) atoms. The summed E-state index contributed by atoms with van der Waals surface area (Å²) in [5.74, 6) is 1.52. The van der Waals surface area contributed by atoms with Crippen LogP contribution in [0.15, 0.2) is 64.0 Å². The van der Waals surface area contributed by atoms with Crippen molar-refractivity contribution in [2.75, 3.05) is 13.3 Å². The molecule has 1 aromatic heterocycles. The van der Waals surface area contributed by atoms with Gasteiger partial charge in [0.15, 0.2) is 11.5 Å². The van der Waals surface area contributed by atoms with Gasteiger partial charge in [-0.05, 0) is 30.7 Å². The molecule has 3 aromatic rings. The first kappa shape index (κ1) is 15.7. The molecule has 0 saturated carbocycles. The van der Waals surface area contributed by atoms with E-state index in [1.807, 2.05) is 54.2 Å². The Morgan fingerprint density at radius 3 is 2.80 bits per heavy atom. The van der Waals surface area contributed by atoms with Crippen molar-refractivity contribution in [3.8, 4) is 22.8 Å². The van der Waals surface area contributed by atoms with Crippen LogP contribution in [0.4, 0.5) is 0 Å². The van der Waals surface area contributed by atoms with E-state index in [9.17, 15) is 0 Å². The Labute approximate surface area is 149 Å². The molecule has 2 heterocycles. The summed E-state index contributed by atoms with van der Waals surface area (Å²) < 4.78 is 12.7. The third kappa shape index (κ3) is 3.21. The summed E-state index contributed by atoms with van der Waals surface area (Å²) in [7, 11) is 0. The first-order chi connectivity index (χ1) is 12.3. The zero-order chi connectivity index (χ0) is 17.1. The molecular weight excluding hydrogens is 334 g/mol. The Kier molecular flexibility index (Phi) is 4.35. The third-order valence-electron chi connectivity index (χ3n) is 3.77. The monoisotopic (exact) mass is 351 g/mol. The summed E-state index contributed by atoms with van der Waals surface area (Å²) in [5.41, 5.74) is 3.08. The van der Waals surface area contributed by atoms with E-state index in [2.05, 4.69) is 27.6 Å². The van der Waals surface area contributed by atoms with Crippen LogP contribution in [0.2, 0.25) is 0 Å². The topological polar surface area (TPSA) is 48.1 Å². The van der Waals surface area contributed by atoms with Gasteiger partial charge in [0.25, 0.3) is 0 Å². The van der Waals surface area contributed by atoms with Gasteiger partial charge >= 0.3 is 0 Å². The molecule has 5 nitrogen and oxygen atoms in total. The third-order valence-corrected chi connectivity index (χ3v) is 4.62. The minimum Gasteiger partial charge on any atom is -0.454 e. The standard InChI is InChI=1S/C19H17N3O2S/c1-2-20-19-22(16(12-25-19)15-6-4-3-5-7-15)21-11-14-8-9-17-18(10-14)24-13-23-17/h3-12H,2,13H2,1H3/b20-19?,21-11+. The Bertz CT molecular complexity index is 974. The molecule has 0 aliphatic carbocycles.